The topological polar surface area (TPSA) is 26.3 Å². The minimum Gasteiger partial charge on any atom is -0.469 e. The predicted molar refractivity (Wildman–Crippen MR) is 59.9 cm³/mol. The molecule has 0 unspecified atom stereocenters. The third-order valence-corrected chi connectivity index (χ3v) is 3.11. The Morgan fingerprint density at radius 2 is 2.00 bits per heavy atom. The van der Waals surface area contributed by atoms with Crippen LogP contribution in [-0.2, 0) is 16.0 Å². The van der Waals surface area contributed by atoms with E-state index >= 15 is 0 Å². The third kappa shape index (κ3) is 2.87. The van der Waals surface area contributed by atoms with Gasteiger partial charge in [-0.3, -0.25) is 4.79 Å². The summed E-state index contributed by atoms with van der Waals surface area (Å²) in [6.45, 7) is 0. The quantitative estimate of drug-likeness (QED) is 0.617. The number of ether oxygens (including phenoxy) is 1. The fourth-order valence-electron chi connectivity index (χ4n) is 0.927. The molecule has 0 atom stereocenters. The molecule has 76 valence electrons. The molecule has 0 spiro atoms. The molecule has 0 amide bonds. The average Bonchev–Trinajstić information content (AvgIpc) is 2.14. The van der Waals surface area contributed by atoms with Crippen molar-refractivity contribution in [2.75, 3.05) is 7.11 Å². The Hall–Kier alpha value is -0.250. The van der Waals surface area contributed by atoms with Crippen LogP contribution >= 0.6 is 39.1 Å². The number of esters is 1. The van der Waals surface area contributed by atoms with Gasteiger partial charge in [-0.25, -0.2) is 0 Å². The number of methoxy groups -OCH3 is 1. The lowest BCUT2D eigenvalue weighted by atomic mass is 10.1. The molecule has 2 nitrogen and oxygen atoms in total. The van der Waals surface area contributed by atoms with Crippen molar-refractivity contribution in [2.24, 2.45) is 0 Å². The van der Waals surface area contributed by atoms with Crippen LogP contribution < -0.4 is 0 Å². The first kappa shape index (κ1) is 11.8. The van der Waals surface area contributed by atoms with Gasteiger partial charge in [-0.05, 0) is 17.7 Å². The van der Waals surface area contributed by atoms with Gasteiger partial charge in [0.25, 0.3) is 0 Å². The smallest absolute Gasteiger partial charge is 0.310 e. The second-order valence-electron chi connectivity index (χ2n) is 2.61. The van der Waals surface area contributed by atoms with E-state index in [-0.39, 0.29) is 12.4 Å². The van der Waals surface area contributed by atoms with Gasteiger partial charge in [0.05, 0.1) is 23.6 Å². The first-order valence-corrected chi connectivity index (χ1v) is 5.29. The van der Waals surface area contributed by atoms with Crippen molar-refractivity contribution >= 4 is 45.1 Å². The zero-order valence-electron chi connectivity index (χ0n) is 7.31. The van der Waals surface area contributed by atoms with Crippen LogP contribution in [0.2, 0.25) is 10.0 Å². The van der Waals surface area contributed by atoms with E-state index in [2.05, 4.69) is 20.7 Å². The molecule has 0 heterocycles. The van der Waals surface area contributed by atoms with Crippen LogP contribution in [0.4, 0.5) is 0 Å². The minimum absolute atomic E-state index is 0.175. The van der Waals surface area contributed by atoms with Gasteiger partial charge in [0, 0.05) is 4.47 Å². The van der Waals surface area contributed by atoms with Gasteiger partial charge in [0.15, 0.2) is 0 Å². The first-order chi connectivity index (χ1) is 6.54. The molecule has 0 saturated carbocycles. The highest BCUT2D eigenvalue weighted by molar-refractivity contribution is 9.10. The molecule has 1 aromatic carbocycles. The normalized spacial score (nSPS) is 10.0. The van der Waals surface area contributed by atoms with Crippen LogP contribution in [0.1, 0.15) is 5.56 Å². The molecule has 0 fully saturated rings. The molecule has 0 aliphatic rings. The fourth-order valence-corrected chi connectivity index (χ4v) is 1.89. The molecule has 0 aliphatic heterocycles. The molecule has 1 aromatic rings. The Kier molecular flexibility index (Phi) is 4.23. The monoisotopic (exact) mass is 296 g/mol. The van der Waals surface area contributed by atoms with Gasteiger partial charge >= 0.3 is 5.97 Å². The maximum absolute atomic E-state index is 11.0. The lowest BCUT2D eigenvalue weighted by Crippen LogP contribution is -2.05. The van der Waals surface area contributed by atoms with E-state index in [4.69, 9.17) is 23.2 Å². The molecule has 0 saturated heterocycles. The summed E-state index contributed by atoms with van der Waals surface area (Å²) in [4.78, 5) is 11.0. The molecular weight excluding hydrogens is 291 g/mol. The molecule has 0 bridgehead atoms. The van der Waals surface area contributed by atoms with Gasteiger partial charge in [0.2, 0.25) is 0 Å². The third-order valence-electron chi connectivity index (χ3n) is 1.65. The zero-order chi connectivity index (χ0) is 10.7. The standard InChI is InChI=1S/C9H7BrCl2O2/c1-14-9(13)3-5-2-7(11)8(12)4-6(5)10/h2,4H,3H2,1H3. The summed E-state index contributed by atoms with van der Waals surface area (Å²) >= 11 is 14.9. The lowest BCUT2D eigenvalue weighted by Gasteiger charge is -2.05. The molecule has 0 aromatic heterocycles. The highest BCUT2D eigenvalue weighted by Crippen LogP contribution is 2.29. The van der Waals surface area contributed by atoms with Gasteiger partial charge in [-0.15, -0.1) is 0 Å². The number of carbonyl (C=O) groups is 1. The van der Waals surface area contributed by atoms with Gasteiger partial charge in [-0.1, -0.05) is 39.1 Å². The van der Waals surface area contributed by atoms with Crippen LogP contribution in [0, 0.1) is 0 Å². The molecule has 0 aliphatic carbocycles. The molecular formula is C9H7BrCl2O2. The van der Waals surface area contributed by atoms with E-state index in [1.54, 1.807) is 12.1 Å². The van der Waals surface area contributed by atoms with Crippen LogP contribution in [-0.4, -0.2) is 13.1 Å². The van der Waals surface area contributed by atoms with Crippen LogP contribution in [0.5, 0.6) is 0 Å². The summed E-state index contributed by atoms with van der Waals surface area (Å²) in [6, 6.07) is 3.30. The minimum atomic E-state index is -0.316. The van der Waals surface area contributed by atoms with Crippen molar-refractivity contribution in [1.82, 2.24) is 0 Å². The first-order valence-electron chi connectivity index (χ1n) is 3.75. The Bertz CT molecular complexity index is 366. The second kappa shape index (κ2) is 5.01. The largest absolute Gasteiger partial charge is 0.469 e. The SMILES string of the molecule is COC(=O)Cc1cc(Cl)c(Cl)cc1Br. The number of rotatable bonds is 2. The number of halogens is 3. The highest BCUT2D eigenvalue weighted by atomic mass is 79.9. The number of benzene rings is 1. The van der Waals surface area contributed by atoms with Gasteiger partial charge < -0.3 is 4.74 Å². The predicted octanol–water partition coefficient (Wildman–Crippen LogP) is 3.47. The zero-order valence-corrected chi connectivity index (χ0v) is 10.4. The van der Waals surface area contributed by atoms with Crippen molar-refractivity contribution in [3.05, 3.63) is 32.2 Å². The maximum Gasteiger partial charge on any atom is 0.310 e. The van der Waals surface area contributed by atoms with Crippen molar-refractivity contribution in [2.45, 2.75) is 6.42 Å². The van der Waals surface area contributed by atoms with Crippen LogP contribution in [0.15, 0.2) is 16.6 Å². The summed E-state index contributed by atoms with van der Waals surface area (Å²) in [6.07, 6.45) is 0.175. The van der Waals surface area contributed by atoms with Crippen molar-refractivity contribution in [3.8, 4) is 0 Å². The van der Waals surface area contributed by atoms with Crippen LogP contribution in [0.3, 0.4) is 0 Å². The average molecular weight is 298 g/mol. The number of hydrogen-bond donors (Lipinski definition) is 0. The molecule has 0 radical (unpaired) electrons. The molecule has 5 heteroatoms. The summed E-state index contributed by atoms with van der Waals surface area (Å²) < 4.78 is 5.29. The number of hydrogen-bond acceptors (Lipinski definition) is 2. The molecule has 0 N–H and O–H groups in total. The maximum atomic E-state index is 11.0. The summed E-state index contributed by atoms with van der Waals surface area (Å²) in [5.74, 6) is -0.316. The molecule has 1 rings (SSSR count). The van der Waals surface area contributed by atoms with Gasteiger partial charge in [-0.2, -0.15) is 0 Å². The fraction of sp³-hybridized carbons (Fsp3) is 0.222. The van der Waals surface area contributed by atoms with E-state index < -0.39 is 0 Å². The summed E-state index contributed by atoms with van der Waals surface area (Å²) in [5, 5.41) is 0.876. The van der Waals surface area contributed by atoms with E-state index in [1.807, 2.05) is 0 Å². The van der Waals surface area contributed by atoms with Gasteiger partial charge in [0.1, 0.15) is 0 Å². The Morgan fingerprint density at radius 3 is 2.57 bits per heavy atom. The van der Waals surface area contributed by atoms with E-state index in [1.165, 1.54) is 7.11 Å². The summed E-state index contributed by atoms with van der Waals surface area (Å²) in [5.41, 5.74) is 0.756. The highest BCUT2D eigenvalue weighted by Gasteiger charge is 2.09. The Balaban J connectivity index is 2.98. The molecule has 14 heavy (non-hydrogen) atoms. The van der Waals surface area contributed by atoms with Crippen molar-refractivity contribution in [1.29, 1.82) is 0 Å². The van der Waals surface area contributed by atoms with Crippen LogP contribution in [0.25, 0.3) is 0 Å². The van der Waals surface area contributed by atoms with Crippen molar-refractivity contribution < 1.29 is 9.53 Å². The lowest BCUT2D eigenvalue weighted by molar-refractivity contribution is -0.139. The number of carbonyl (C=O) groups excluding carboxylic acids is 1. The van der Waals surface area contributed by atoms with E-state index in [0.29, 0.717) is 10.0 Å². The summed E-state index contributed by atoms with van der Waals surface area (Å²) in [7, 11) is 1.34. The Labute approximate surface area is 100 Å². The second-order valence-corrected chi connectivity index (χ2v) is 4.28. The van der Waals surface area contributed by atoms with Crippen molar-refractivity contribution in [3.63, 3.8) is 0 Å². The Morgan fingerprint density at radius 1 is 1.43 bits per heavy atom. The van der Waals surface area contributed by atoms with E-state index in [0.717, 1.165) is 10.0 Å². The van der Waals surface area contributed by atoms with E-state index in [9.17, 15) is 4.79 Å².